The van der Waals surface area contributed by atoms with Crippen LogP contribution in [0, 0.1) is 0 Å². The van der Waals surface area contributed by atoms with Crippen molar-refractivity contribution >= 4 is 11.3 Å². The van der Waals surface area contributed by atoms with Gasteiger partial charge in [-0.1, -0.05) is 6.07 Å². The Bertz CT molecular complexity index is 196. The molecule has 0 bridgehead atoms. The summed E-state index contributed by atoms with van der Waals surface area (Å²) in [5, 5.41) is 11.5. The van der Waals surface area contributed by atoms with Gasteiger partial charge in [-0.15, -0.1) is 11.3 Å². The molecule has 0 aromatic carbocycles. The fourth-order valence-corrected chi connectivity index (χ4v) is 1.75. The van der Waals surface area contributed by atoms with Crippen LogP contribution in [0.2, 0.25) is 0 Å². The van der Waals surface area contributed by atoms with E-state index in [0.717, 1.165) is 0 Å². The fourth-order valence-electron chi connectivity index (χ4n) is 0.974. The summed E-state index contributed by atoms with van der Waals surface area (Å²) >= 11 is 1.67. The van der Waals surface area contributed by atoms with Gasteiger partial charge in [0.15, 0.2) is 0 Å². The first-order chi connectivity index (χ1) is 5.83. The normalized spacial score (nSPS) is 13.2. The van der Waals surface area contributed by atoms with Crippen molar-refractivity contribution in [2.45, 2.75) is 19.4 Å². The number of thiophene rings is 1. The van der Waals surface area contributed by atoms with Crippen molar-refractivity contribution < 1.29 is 9.84 Å². The highest BCUT2D eigenvalue weighted by molar-refractivity contribution is 7.09. The van der Waals surface area contributed by atoms with Crippen LogP contribution < -0.4 is 0 Å². The molecule has 0 saturated heterocycles. The average molecular weight is 186 g/mol. The topological polar surface area (TPSA) is 29.5 Å². The summed E-state index contributed by atoms with van der Waals surface area (Å²) in [6, 6.07) is 4.02. The van der Waals surface area contributed by atoms with Gasteiger partial charge in [-0.25, -0.2) is 0 Å². The van der Waals surface area contributed by atoms with E-state index < -0.39 is 0 Å². The molecule has 0 spiro atoms. The highest BCUT2D eigenvalue weighted by Crippen LogP contribution is 2.10. The Balaban J connectivity index is 2.22. The lowest BCUT2D eigenvalue weighted by molar-refractivity contribution is 0.0434. The second-order valence-electron chi connectivity index (χ2n) is 2.60. The second-order valence-corrected chi connectivity index (χ2v) is 3.63. The molecule has 0 amide bonds. The third-order valence-corrected chi connectivity index (χ3v) is 2.43. The van der Waals surface area contributed by atoms with E-state index in [0.29, 0.717) is 19.6 Å². The predicted octanol–water partition coefficient (Wildman–Crippen LogP) is 1.69. The SMILES string of the molecule is CCOCC(O)Cc1cccs1. The van der Waals surface area contributed by atoms with Crippen LogP contribution >= 0.6 is 11.3 Å². The summed E-state index contributed by atoms with van der Waals surface area (Å²) < 4.78 is 5.10. The molecule has 1 aromatic rings. The molecular formula is C9H14O2S. The molecule has 3 heteroatoms. The summed E-state index contributed by atoms with van der Waals surface area (Å²) in [5.74, 6) is 0. The molecule has 68 valence electrons. The van der Waals surface area contributed by atoms with Gasteiger partial charge in [0.05, 0.1) is 12.7 Å². The predicted molar refractivity (Wildman–Crippen MR) is 50.5 cm³/mol. The number of aliphatic hydroxyl groups is 1. The maximum absolute atomic E-state index is 9.43. The van der Waals surface area contributed by atoms with Gasteiger partial charge in [0, 0.05) is 17.9 Å². The van der Waals surface area contributed by atoms with Crippen molar-refractivity contribution in [2.75, 3.05) is 13.2 Å². The quantitative estimate of drug-likeness (QED) is 0.758. The van der Waals surface area contributed by atoms with E-state index in [9.17, 15) is 5.11 Å². The number of hydrogen-bond acceptors (Lipinski definition) is 3. The molecule has 0 aliphatic heterocycles. The molecule has 0 saturated carbocycles. The minimum absolute atomic E-state index is 0.358. The van der Waals surface area contributed by atoms with Gasteiger partial charge in [-0.2, -0.15) is 0 Å². The van der Waals surface area contributed by atoms with Gasteiger partial charge in [0.25, 0.3) is 0 Å². The van der Waals surface area contributed by atoms with Crippen LogP contribution in [0.5, 0.6) is 0 Å². The van der Waals surface area contributed by atoms with Crippen molar-refractivity contribution in [1.82, 2.24) is 0 Å². The third kappa shape index (κ3) is 3.34. The van der Waals surface area contributed by atoms with Crippen LogP contribution in [0.25, 0.3) is 0 Å². The summed E-state index contributed by atoms with van der Waals surface area (Å²) in [5.41, 5.74) is 0. The largest absolute Gasteiger partial charge is 0.390 e. The second kappa shape index (κ2) is 5.30. The first-order valence-electron chi connectivity index (χ1n) is 4.11. The highest BCUT2D eigenvalue weighted by Gasteiger charge is 2.05. The van der Waals surface area contributed by atoms with E-state index in [4.69, 9.17) is 4.74 Å². The van der Waals surface area contributed by atoms with Crippen LogP contribution in [0.1, 0.15) is 11.8 Å². The molecule has 0 aliphatic carbocycles. The lowest BCUT2D eigenvalue weighted by atomic mass is 10.2. The Morgan fingerprint density at radius 2 is 2.50 bits per heavy atom. The molecule has 1 aromatic heterocycles. The summed E-state index contributed by atoms with van der Waals surface area (Å²) in [7, 11) is 0. The van der Waals surface area contributed by atoms with Crippen LogP contribution in [0.4, 0.5) is 0 Å². The van der Waals surface area contributed by atoms with Crippen LogP contribution in [-0.4, -0.2) is 24.4 Å². The third-order valence-electron chi connectivity index (χ3n) is 1.53. The molecule has 0 radical (unpaired) electrons. The van der Waals surface area contributed by atoms with Crippen molar-refractivity contribution in [3.63, 3.8) is 0 Å². The molecule has 1 heterocycles. The Morgan fingerprint density at radius 1 is 1.67 bits per heavy atom. The summed E-state index contributed by atoms with van der Waals surface area (Å²) in [6.45, 7) is 3.04. The van der Waals surface area contributed by atoms with E-state index in [1.54, 1.807) is 11.3 Å². The summed E-state index contributed by atoms with van der Waals surface area (Å²) in [4.78, 5) is 1.21. The van der Waals surface area contributed by atoms with E-state index in [1.165, 1.54) is 4.88 Å². The number of ether oxygens (including phenoxy) is 1. The van der Waals surface area contributed by atoms with E-state index >= 15 is 0 Å². The average Bonchev–Trinajstić information content (AvgIpc) is 2.53. The lowest BCUT2D eigenvalue weighted by Gasteiger charge is -2.08. The molecule has 1 rings (SSSR count). The first kappa shape index (κ1) is 9.71. The number of hydrogen-bond donors (Lipinski definition) is 1. The molecule has 0 fully saturated rings. The van der Waals surface area contributed by atoms with Gasteiger partial charge in [-0.3, -0.25) is 0 Å². The molecular weight excluding hydrogens is 172 g/mol. The Morgan fingerprint density at radius 3 is 3.08 bits per heavy atom. The maximum Gasteiger partial charge on any atom is 0.0821 e. The molecule has 0 aliphatic rings. The van der Waals surface area contributed by atoms with Crippen LogP contribution in [-0.2, 0) is 11.2 Å². The maximum atomic E-state index is 9.43. The fraction of sp³-hybridized carbons (Fsp3) is 0.556. The van der Waals surface area contributed by atoms with Gasteiger partial charge >= 0.3 is 0 Å². The Hall–Kier alpha value is -0.380. The van der Waals surface area contributed by atoms with Gasteiger partial charge in [-0.05, 0) is 18.4 Å². The minimum Gasteiger partial charge on any atom is -0.390 e. The zero-order chi connectivity index (χ0) is 8.81. The van der Waals surface area contributed by atoms with Crippen molar-refractivity contribution in [3.8, 4) is 0 Å². The number of aliphatic hydroxyl groups excluding tert-OH is 1. The Kier molecular flexibility index (Phi) is 4.29. The monoisotopic (exact) mass is 186 g/mol. The van der Waals surface area contributed by atoms with Crippen molar-refractivity contribution in [3.05, 3.63) is 22.4 Å². The van der Waals surface area contributed by atoms with Gasteiger partial charge < -0.3 is 9.84 Å². The smallest absolute Gasteiger partial charge is 0.0821 e. The van der Waals surface area contributed by atoms with E-state index in [2.05, 4.69) is 0 Å². The lowest BCUT2D eigenvalue weighted by Crippen LogP contribution is -2.17. The zero-order valence-corrected chi connectivity index (χ0v) is 8.01. The molecule has 2 nitrogen and oxygen atoms in total. The molecule has 1 unspecified atom stereocenters. The van der Waals surface area contributed by atoms with Crippen LogP contribution in [0.3, 0.4) is 0 Å². The van der Waals surface area contributed by atoms with Crippen molar-refractivity contribution in [2.24, 2.45) is 0 Å². The van der Waals surface area contributed by atoms with Gasteiger partial charge in [0.1, 0.15) is 0 Å². The minimum atomic E-state index is -0.358. The summed E-state index contributed by atoms with van der Waals surface area (Å²) in [6.07, 6.45) is 0.348. The van der Waals surface area contributed by atoms with E-state index in [-0.39, 0.29) is 6.10 Å². The first-order valence-corrected chi connectivity index (χ1v) is 4.99. The zero-order valence-electron chi connectivity index (χ0n) is 7.19. The van der Waals surface area contributed by atoms with Crippen molar-refractivity contribution in [1.29, 1.82) is 0 Å². The van der Waals surface area contributed by atoms with E-state index in [1.807, 2.05) is 24.4 Å². The van der Waals surface area contributed by atoms with Crippen LogP contribution in [0.15, 0.2) is 17.5 Å². The highest BCUT2D eigenvalue weighted by atomic mass is 32.1. The molecule has 12 heavy (non-hydrogen) atoms. The molecule has 1 N–H and O–H groups in total. The Labute approximate surface area is 76.8 Å². The number of rotatable bonds is 5. The van der Waals surface area contributed by atoms with Gasteiger partial charge in [0.2, 0.25) is 0 Å². The standard InChI is InChI=1S/C9H14O2S/c1-2-11-7-8(10)6-9-4-3-5-12-9/h3-5,8,10H,2,6-7H2,1H3. The molecule has 1 atom stereocenters.